The molecule has 0 saturated heterocycles. The minimum absolute atomic E-state index is 0.0395. The van der Waals surface area contributed by atoms with Gasteiger partial charge in [0.05, 0.1) is 6.10 Å². The second-order valence-corrected chi connectivity index (χ2v) is 5.22. The summed E-state index contributed by atoms with van der Waals surface area (Å²) in [5.41, 5.74) is -1.07. The van der Waals surface area contributed by atoms with Crippen molar-refractivity contribution in [2.75, 3.05) is 0 Å². The lowest BCUT2D eigenvalue weighted by Crippen LogP contribution is -2.48. The van der Waals surface area contributed by atoms with Crippen LogP contribution in [0.15, 0.2) is 23.8 Å². The van der Waals surface area contributed by atoms with Gasteiger partial charge in [-0.2, -0.15) is 0 Å². The third kappa shape index (κ3) is 2.25. The van der Waals surface area contributed by atoms with E-state index < -0.39 is 17.1 Å². The van der Waals surface area contributed by atoms with Crippen molar-refractivity contribution < 1.29 is 15.0 Å². The van der Waals surface area contributed by atoms with Crippen molar-refractivity contribution in [1.82, 2.24) is 0 Å². The van der Waals surface area contributed by atoms with E-state index in [1.807, 2.05) is 13.8 Å². The Morgan fingerprint density at radius 1 is 1.50 bits per heavy atom. The monoisotopic (exact) mass is 224 g/mol. The summed E-state index contributed by atoms with van der Waals surface area (Å²) in [5.74, 6) is 0.0395. The van der Waals surface area contributed by atoms with Gasteiger partial charge < -0.3 is 10.2 Å². The molecular weight excluding hydrogens is 204 g/mol. The van der Waals surface area contributed by atoms with Crippen LogP contribution in [0.5, 0.6) is 0 Å². The van der Waals surface area contributed by atoms with Gasteiger partial charge in [0.15, 0.2) is 5.78 Å². The van der Waals surface area contributed by atoms with Crippen LogP contribution in [-0.4, -0.2) is 27.7 Å². The highest BCUT2D eigenvalue weighted by atomic mass is 16.3. The molecule has 3 heteroatoms. The molecule has 0 heterocycles. The Morgan fingerprint density at radius 2 is 2.06 bits per heavy atom. The maximum atomic E-state index is 11.5. The SMILES string of the molecule is CC1=CC(=O)CC(C)(C)[C@@]1(O)/C=C/[C@H](C)O. The topological polar surface area (TPSA) is 57.5 Å². The third-order valence-corrected chi connectivity index (χ3v) is 3.24. The zero-order valence-corrected chi connectivity index (χ0v) is 10.3. The fraction of sp³-hybridized carbons (Fsp3) is 0.615. The average molecular weight is 224 g/mol. The molecule has 0 fully saturated rings. The van der Waals surface area contributed by atoms with Crippen LogP contribution in [0.3, 0.4) is 0 Å². The summed E-state index contributed by atoms with van der Waals surface area (Å²) in [7, 11) is 0. The molecule has 1 aliphatic carbocycles. The highest BCUT2D eigenvalue weighted by molar-refractivity contribution is 5.92. The van der Waals surface area contributed by atoms with Crippen LogP contribution >= 0.6 is 0 Å². The summed E-state index contributed by atoms with van der Waals surface area (Å²) in [6.45, 7) is 7.08. The van der Waals surface area contributed by atoms with Gasteiger partial charge in [-0.25, -0.2) is 0 Å². The molecule has 3 nitrogen and oxygen atoms in total. The van der Waals surface area contributed by atoms with Crippen molar-refractivity contribution in [2.45, 2.75) is 45.8 Å². The Morgan fingerprint density at radius 3 is 2.50 bits per heavy atom. The summed E-state index contributed by atoms with van der Waals surface area (Å²) in [6, 6.07) is 0. The Kier molecular flexibility index (Phi) is 3.41. The van der Waals surface area contributed by atoms with Crippen LogP contribution in [-0.2, 0) is 4.79 Å². The van der Waals surface area contributed by atoms with Gasteiger partial charge in [-0.1, -0.05) is 19.9 Å². The van der Waals surface area contributed by atoms with Crippen LogP contribution in [0.2, 0.25) is 0 Å². The predicted molar refractivity (Wildman–Crippen MR) is 62.9 cm³/mol. The molecule has 0 aromatic rings. The first-order valence-corrected chi connectivity index (χ1v) is 5.50. The number of hydrogen-bond acceptors (Lipinski definition) is 3. The molecule has 0 aromatic carbocycles. The first-order valence-electron chi connectivity index (χ1n) is 5.50. The third-order valence-electron chi connectivity index (χ3n) is 3.24. The molecule has 2 atom stereocenters. The summed E-state index contributed by atoms with van der Waals surface area (Å²) in [4.78, 5) is 11.5. The second-order valence-electron chi connectivity index (χ2n) is 5.22. The number of allylic oxidation sites excluding steroid dienone is 1. The summed E-state index contributed by atoms with van der Waals surface area (Å²) < 4.78 is 0. The van der Waals surface area contributed by atoms with E-state index in [0.29, 0.717) is 12.0 Å². The van der Waals surface area contributed by atoms with Gasteiger partial charge in [-0.3, -0.25) is 4.79 Å². The highest BCUT2D eigenvalue weighted by Crippen LogP contribution is 2.44. The normalized spacial score (nSPS) is 31.6. The van der Waals surface area contributed by atoms with Crippen molar-refractivity contribution in [3.8, 4) is 0 Å². The number of aliphatic hydroxyl groups excluding tert-OH is 1. The quantitative estimate of drug-likeness (QED) is 0.700. The lowest BCUT2D eigenvalue weighted by atomic mass is 9.64. The van der Waals surface area contributed by atoms with E-state index in [1.165, 1.54) is 6.08 Å². The molecule has 0 aliphatic heterocycles. The molecule has 0 saturated carbocycles. The van der Waals surface area contributed by atoms with Gasteiger partial charge in [0.25, 0.3) is 0 Å². The van der Waals surface area contributed by atoms with E-state index in [9.17, 15) is 15.0 Å². The van der Waals surface area contributed by atoms with Crippen molar-refractivity contribution in [1.29, 1.82) is 0 Å². The van der Waals surface area contributed by atoms with E-state index in [4.69, 9.17) is 0 Å². The molecule has 0 bridgehead atoms. The first kappa shape index (κ1) is 13.1. The number of ketones is 1. The van der Waals surface area contributed by atoms with Gasteiger partial charge in [0.2, 0.25) is 0 Å². The largest absolute Gasteiger partial charge is 0.389 e. The maximum Gasteiger partial charge on any atom is 0.156 e. The number of carbonyl (C=O) groups excluding carboxylic acids is 1. The van der Waals surface area contributed by atoms with E-state index in [0.717, 1.165) is 0 Å². The molecule has 0 radical (unpaired) electrons. The Labute approximate surface area is 96.5 Å². The molecule has 0 spiro atoms. The zero-order valence-electron chi connectivity index (χ0n) is 10.3. The summed E-state index contributed by atoms with van der Waals surface area (Å²) in [6.07, 6.45) is 4.33. The molecule has 0 aromatic heterocycles. The van der Waals surface area contributed by atoms with Crippen LogP contribution in [0.1, 0.15) is 34.1 Å². The lowest BCUT2D eigenvalue weighted by molar-refractivity contribution is -0.121. The zero-order chi connectivity index (χ0) is 12.6. The van der Waals surface area contributed by atoms with Crippen LogP contribution in [0.4, 0.5) is 0 Å². The van der Waals surface area contributed by atoms with E-state index in [-0.39, 0.29) is 5.78 Å². The number of rotatable bonds is 2. The lowest BCUT2D eigenvalue weighted by Gasteiger charge is -2.44. The molecule has 0 unspecified atom stereocenters. The van der Waals surface area contributed by atoms with E-state index in [2.05, 4.69) is 0 Å². The Hall–Kier alpha value is -0.930. The molecule has 0 amide bonds. The van der Waals surface area contributed by atoms with Crippen LogP contribution in [0, 0.1) is 5.41 Å². The van der Waals surface area contributed by atoms with Crippen LogP contribution in [0.25, 0.3) is 0 Å². The molecule has 2 N–H and O–H groups in total. The number of hydrogen-bond donors (Lipinski definition) is 2. The molecular formula is C13H20O3. The summed E-state index contributed by atoms with van der Waals surface area (Å²) in [5, 5.41) is 19.8. The standard InChI is InChI=1S/C13H20O3/c1-9-7-11(15)8-12(3,4)13(9,16)6-5-10(2)14/h5-7,10,14,16H,8H2,1-4H3/b6-5+/t10-,13+/m0/s1. The molecule has 1 rings (SSSR count). The fourth-order valence-corrected chi connectivity index (χ4v) is 2.14. The summed E-state index contributed by atoms with van der Waals surface area (Å²) >= 11 is 0. The Balaban J connectivity index is 3.16. The molecule has 16 heavy (non-hydrogen) atoms. The number of aliphatic hydroxyl groups is 2. The van der Waals surface area contributed by atoms with Crippen molar-refractivity contribution >= 4 is 5.78 Å². The minimum Gasteiger partial charge on any atom is -0.389 e. The van der Waals surface area contributed by atoms with Gasteiger partial charge in [-0.05, 0) is 31.6 Å². The van der Waals surface area contributed by atoms with Gasteiger partial charge in [0.1, 0.15) is 5.60 Å². The van der Waals surface area contributed by atoms with E-state index in [1.54, 1.807) is 26.0 Å². The minimum atomic E-state index is -1.15. The predicted octanol–water partition coefficient (Wildman–Crippen LogP) is 1.60. The van der Waals surface area contributed by atoms with Crippen molar-refractivity contribution in [3.63, 3.8) is 0 Å². The maximum absolute atomic E-state index is 11.5. The first-order chi connectivity index (χ1) is 7.19. The molecule has 1 aliphatic rings. The van der Waals surface area contributed by atoms with Crippen molar-refractivity contribution in [2.24, 2.45) is 5.41 Å². The molecule has 90 valence electrons. The number of carbonyl (C=O) groups is 1. The van der Waals surface area contributed by atoms with Gasteiger partial charge in [0, 0.05) is 11.8 Å². The fourth-order valence-electron chi connectivity index (χ4n) is 2.14. The van der Waals surface area contributed by atoms with Gasteiger partial charge >= 0.3 is 0 Å². The Bertz CT molecular complexity index is 350. The van der Waals surface area contributed by atoms with Crippen LogP contribution < -0.4 is 0 Å². The highest BCUT2D eigenvalue weighted by Gasteiger charge is 2.46. The average Bonchev–Trinajstić information content (AvgIpc) is 2.10. The van der Waals surface area contributed by atoms with Gasteiger partial charge in [-0.15, -0.1) is 0 Å². The van der Waals surface area contributed by atoms with E-state index >= 15 is 0 Å². The second kappa shape index (κ2) is 4.15. The smallest absolute Gasteiger partial charge is 0.156 e. The van der Waals surface area contributed by atoms with Crippen molar-refractivity contribution in [3.05, 3.63) is 23.8 Å².